The van der Waals surface area contributed by atoms with Gasteiger partial charge in [-0.05, 0) is 47.4 Å². The van der Waals surface area contributed by atoms with Crippen molar-refractivity contribution >= 4 is 17.7 Å². The minimum absolute atomic E-state index is 0.0316. The number of phenolic OH excluding ortho intramolecular Hbond substituents is 1. The van der Waals surface area contributed by atoms with Crippen molar-refractivity contribution in [3.05, 3.63) is 95.1 Å². The number of rotatable bonds is 20. The predicted molar refractivity (Wildman–Crippen MR) is 170 cm³/mol. The maximum Gasteiger partial charge on any atom is 0.243 e. The van der Waals surface area contributed by atoms with Gasteiger partial charge in [0.05, 0.1) is 6.42 Å². The molecule has 2 unspecified atom stereocenters. The van der Waals surface area contributed by atoms with E-state index in [0.717, 1.165) is 24.8 Å². The molecule has 0 fully saturated rings. The highest BCUT2D eigenvalue weighted by Crippen LogP contribution is 2.22. The Morgan fingerprint density at radius 1 is 0.761 bits per heavy atom. The summed E-state index contributed by atoms with van der Waals surface area (Å²) < 4.78 is 5.57. The molecule has 0 aliphatic rings. The van der Waals surface area contributed by atoms with Crippen molar-refractivity contribution in [3.8, 4) is 11.5 Å². The van der Waals surface area contributed by atoms with Gasteiger partial charge in [-0.1, -0.05) is 68.3 Å². The Labute approximate surface area is 268 Å². The number of carbonyl (C=O) groups excluding carboxylic acids is 3. The van der Waals surface area contributed by atoms with E-state index in [9.17, 15) is 19.5 Å². The van der Waals surface area contributed by atoms with Crippen LogP contribution >= 0.6 is 0 Å². The lowest BCUT2D eigenvalue weighted by Gasteiger charge is -2.24. The molecule has 0 spiro atoms. The summed E-state index contributed by atoms with van der Waals surface area (Å²) in [5.74, 6) is -0.918. The van der Waals surface area contributed by atoms with Gasteiger partial charge in [0.25, 0.3) is 0 Å². The van der Waals surface area contributed by atoms with E-state index < -0.39 is 23.9 Å². The molecule has 0 aliphatic carbocycles. The van der Waals surface area contributed by atoms with Crippen molar-refractivity contribution in [2.75, 3.05) is 19.8 Å². The van der Waals surface area contributed by atoms with E-state index in [-0.39, 0.29) is 50.7 Å². The van der Waals surface area contributed by atoms with Crippen molar-refractivity contribution in [1.82, 2.24) is 16.0 Å². The highest BCUT2D eigenvalue weighted by molar-refractivity contribution is 5.92. The minimum atomic E-state index is -0.995. The van der Waals surface area contributed by atoms with E-state index in [4.69, 9.17) is 15.3 Å². The topological polar surface area (TPSA) is 176 Å². The fourth-order valence-corrected chi connectivity index (χ4v) is 4.86. The van der Waals surface area contributed by atoms with Crippen molar-refractivity contribution in [3.63, 3.8) is 0 Å². The number of carbonyl (C=O) groups is 3. The number of amides is 3. The molecule has 46 heavy (non-hydrogen) atoms. The molecule has 0 heterocycles. The first-order chi connectivity index (χ1) is 22.3. The highest BCUT2D eigenvalue weighted by atomic mass is 17.1. The second-order valence-corrected chi connectivity index (χ2v) is 10.8. The summed E-state index contributed by atoms with van der Waals surface area (Å²) in [5, 5.41) is 36.0. The van der Waals surface area contributed by atoms with Crippen LogP contribution < -0.4 is 20.7 Å². The van der Waals surface area contributed by atoms with Crippen molar-refractivity contribution in [1.29, 1.82) is 0 Å². The molecule has 248 valence electrons. The third-order valence-corrected chi connectivity index (χ3v) is 7.14. The molecular formula is C34H43N3O9. The Balaban J connectivity index is 1.83. The number of benzene rings is 3. The van der Waals surface area contributed by atoms with Crippen LogP contribution in [-0.2, 0) is 50.0 Å². The minimum Gasteiger partial charge on any atom is -0.508 e. The molecule has 0 aromatic heterocycles. The maximum absolute atomic E-state index is 13.8. The summed E-state index contributed by atoms with van der Waals surface area (Å²) in [6.07, 6.45) is 2.93. The van der Waals surface area contributed by atoms with E-state index in [1.165, 1.54) is 12.1 Å². The van der Waals surface area contributed by atoms with Crippen LogP contribution in [0, 0.1) is 0 Å². The van der Waals surface area contributed by atoms with Crippen LogP contribution in [-0.4, -0.2) is 65.2 Å². The van der Waals surface area contributed by atoms with Crippen LogP contribution in [0.5, 0.6) is 11.5 Å². The smallest absolute Gasteiger partial charge is 0.243 e. The normalized spacial score (nSPS) is 12.2. The molecule has 2 atom stereocenters. The summed E-state index contributed by atoms with van der Waals surface area (Å²) in [7, 11) is 0. The average molecular weight is 638 g/mol. The monoisotopic (exact) mass is 637 g/mol. The fraction of sp³-hybridized carbons (Fsp3) is 0.382. The second-order valence-electron chi connectivity index (χ2n) is 10.8. The van der Waals surface area contributed by atoms with Gasteiger partial charge in [0, 0.05) is 24.9 Å². The van der Waals surface area contributed by atoms with Gasteiger partial charge >= 0.3 is 0 Å². The zero-order valence-corrected chi connectivity index (χ0v) is 25.9. The quantitative estimate of drug-likeness (QED) is 0.0615. The molecule has 0 radical (unpaired) electrons. The molecule has 0 bridgehead atoms. The zero-order valence-electron chi connectivity index (χ0n) is 25.9. The number of ether oxygens (including phenoxy) is 1. The van der Waals surface area contributed by atoms with Crippen LogP contribution in [0.25, 0.3) is 0 Å². The Kier molecular flexibility index (Phi) is 15.5. The molecule has 3 aromatic rings. The van der Waals surface area contributed by atoms with Gasteiger partial charge in [-0.15, -0.1) is 0 Å². The van der Waals surface area contributed by atoms with Gasteiger partial charge in [0.2, 0.25) is 17.7 Å². The number of unbranched alkanes of at least 4 members (excludes halogenated alkanes) is 2. The first-order valence-electron chi connectivity index (χ1n) is 15.3. The summed E-state index contributed by atoms with van der Waals surface area (Å²) in [6.45, 7) is 2.28. The number of hydrogen-bond donors (Lipinski definition) is 6. The van der Waals surface area contributed by atoms with E-state index in [2.05, 4.69) is 32.6 Å². The van der Waals surface area contributed by atoms with Crippen LogP contribution in [0.15, 0.2) is 72.8 Å². The summed E-state index contributed by atoms with van der Waals surface area (Å²) >= 11 is 0. The second kappa shape index (κ2) is 19.8. The first-order valence-corrected chi connectivity index (χ1v) is 15.3. The molecule has 3 aromatic carbocycles. The lowest BCUT2D eigenvalue weighted by Crippen LogP contribution is -2.55. The van der Waals surface area contributed by atoms with Crippen LogP contribution in [0.1, 0.15) is 48.4 Å². The third-order valence-electron chi connectivity index (χ3n) is 7.14. The highest BCUT2D eigenvalue weighted by Gasteiger charge is 2.28. The van der Waals surface area contributed by atoms with E-state index in [0.29, 0.717) is 29.0 Å². The van der Waals surface area contributed by atoms with Crippen molar-refractivity contribution in [2.24, 2.45) is 0 Å². The Morgan fingerprint density at radius 2 is 1.50 bits per heavy atom. The van der Waals surface area contributed by atoms with Crippen LogP contribution in [0.2, 0.25) is 0 Å². The summed E-state index contributed by atoms with van der Waals surface area (Å²) in [6, 6.07) is 18.6. The number of aromatic hydroxyl groups is 1. The number of phenols is 1. The lowest BCUT2D eigenvalue weighted by atomic mass is 10.0. The zero-order chi connectivity index (χ0) is 33.1. The van der Waals surface area contributed by atoms with E-state index in [1.807, 2.05) is 30.3 Å². The standard InChI is InChI=1S/C34H43N3O9/c1-2-3-7-15-35-33(40)29(21-26-13-14-31(44-16-17-45-42)27(18-26)23-46-43)37-34(41)30(20-24-9-5-4-6-10-24)36-32(39)22-25-11-8-12-28(38)19-25/h4-6,8-14,18-19,29-30,38,42-43H,2-3,7,15-17,20-23H2,1H3,(H,35,40)(H,36,39)(H,37,41). The molecule has 3 amide bonds. The largest absolute Gasteiger partial charge is 0.508 e. The van der Waals surface area contributed by atoms with Crippen LogP contribution in [0.3, 0.4) is 0 Å². The first kappa shape index (κ1) is 36.0. The Bertz CT molecular complexity index is 1390. The molecular weight excluding hydrogens is 594 g/mol. The third kappa shape index (κ3) is 12.5. The van der Waals surface area contributed by atoms with Crippen molar-refractivity contribution in [2.45, 2.75) is 64.1 Å². The fourth-order valence-electron chi connectivity index (χ4n) is 4.86. The summed E-state index contributed by atoms with van der Waals surface area (Å²) in [4.78, 5) is 48.6. The molecule has 3 rings (SSSR count). The summed E-state index contributed by atoms with van der Waals surface area (Å²) in [5.41, 5.74) is 2.53. The van der Waals surface area contributed by atoms with Crippen molar-refractivity contribution < 1.29 is 44.5 Å². The number of hydrogen-bond acceptors (Lipinski definition) is 9. The van der Waals surface area contributed by atoms with Gasteiger partial charge in [0.1, 0.15) is 43.4 Å². The van der Waals surface area contributed by atoms with Crippen LogP contribution in [0.4, 0.5) is 0 Å². The predicted octanol–water partition coefficient (Wildman–Crippen LogP) is 3.55. The SMILES string of the molecule is CCCCCNC(=O)C(Cc1ccc(OCCOO)c(COO)c1)NC(=O)C(Cc1ccccc1)NC(=O)Cc1cccc(O)c1. The average Bonchev–Trinajstić information content (AvgIpc) is 3.04. The maximum atomic E-state index is 13.8. The van der Waals surface area contributed by atoms with E-state index >= 15 is 0 Å². The van der Waals surface area contributed by atoms with E-state index in [1.54, 1.807) is 30.3 Å². The van der Waals surface area contributed by atoms with Gasteiger partial charge in [-0.2, -0.15) is 0 Å². The molecule has 0 aliphatic heterocycles. The van der Waals surface area contributed by atoms with Gasteiger partial charge in [-0.25, -0.2) is 9.78 Å². The lowest BCUT2D eigenvalue weighted by molar-refractivity contribution is -0.253. The Hall–Kier alpha value is -4.49. The van der Waals surface area contributed by atoms with Gasteiger partial charge in [0.15, 0.2) is 0 Å². The molecule has 12 nitrogen and oxygen atoms in total. The Morgan fingerprint density at radius 3 is 2.22 bits per heavy atom. The molecule has 0 saturated heterocycles. The number of nitrogens with one attached hydrogen (secondary N) is 3. The molecule has 12 heteroatoms. The van der Waals surface area contributed by atoms with Gasteiger partial charge in [-0.3, -0.25) is 24.9 Å². The molecule has 0 saturated carbocycles. The molecule has 6 N–H and O–H groups in total. The van der Waals surface area contributed by atoms with Gasteiger partial charge < -0.3 is 25.8 Å².